The van der Waals surface area contributed by atoms with E-state index in [1.165, 1.54) is 5.06 Å². The number of hydroxylamine groups is 2. The highest BCUT2D eigenvalue weighted by atomic mass is 16.7. The molecule has 11 nitrogen and oxygen atoms in total. The van der Waals surface area contributed by atoms with Gasteiger partial charge in [0.15, 0.2) is 17.8 Å². The lowest BCUT2D eigenvalue weighted by Gasteiger charge is -2.29. The molecular formula is C26H38N2O9. The van der Waals surface area contributed by atoms with Crippen molar-refractivity contribution in [2.24, 2.45) is 5.92 Å². The van der Waals surface area contributed by atoms with Gasteiger partial charge in [-0.2, -0.15) is 0 Å². The zero-order valence-corrected chi connectivity index (χ0v) is 21.8. The Morgan fingerprint density at radius 2 is 1.92 bits per heavy atom. The van der Waals surface area contributed by atoms with Crippen molar-refractivity contribution in [2.45, 2.75) is 57.8 Å². The van der Waals surface area contributed by atoms with Gasteiger partial charge in [0.1, 0.15) is 0 Å². The maximum atomic E-state index is 13.3. The number of carbonyl (C=O) groups is 2. The van der Waals surface area contributed by atoms with Gasteiger partial charge in [-0.1, -0.05) is 13.8 Å². The third-order valence-corrected chi connectivity index (χ3v) is 7.03. The Labute approximate surface area is 217 Å². The predicted octanol–water partition coefficient (Wildman–Crippen LogP) is 2.63. The quantitative estimate of drug-likeness (QED) is 0.388. The maximum Gasteiger partial charge on any atom is 0.308 e. The number of nitrogens with zero attached hydrogens (tertiary/aromatic N) is 2. The number of aliphatic carboxylic acids is 1. The summed E-state index contributed by atoms with van der Waals surface area (Å²) < 4.78 is 27.8. The van der Waals surface area contributed by atoms with Crippen LogP contribution in [0, 0.1) is 5.92 Å². The largest absolute Gasteiger partial charge is 0.493 e. The summed E-state index contributed by atoms with van der Waals surface area (Å²) >= 11 is 0. The van der Waals surface area contributed by atoms with E-state index in [-0.39, 0.29) is 31.5 Å². The molecule has 3 aliphatic rings. The van der Waals surface area contributed by atoms with E-state index in [2.05, 4.69) is 0 Å². The predicted molar refractivity (Wildman–Crippen MR) is 132 cm³/mol. The monoisotopic (exact) mass is 522 g/mol. The van der Waals surface area contributed by atoms with E-state index >= 15 is 0 Å². The topological polar surface area (TPSA) is 116 Å². The third kappa shape index (κ3) is 6.28. The van der Waals surface area contributed by atoms with Crippen LogP contribution in [0.5, 0.6) is 17.2 Å². The minimum atomic E-state index is -0.914. The highest BCUT2D eigenvalue weighted by molar-refractivity contribution is 5.78. The van der Waals surface area contributed by atoms with Gasteiger partial charge in [-0.3, -0.25) is 19.3 Å². The zero-order chi connectivity index (χ0) is 26.4. The molecule has 1 N–H and O–H groups in total. The average molecular weight is 523 g/mol. The molecule has 206 valence electrons. The molecule has 1 unspecified atom stereocenters. The van der Waals surface area contributed by atoms with Gasteiger partial charge in [0, 0.05) is 25.0 Å². The Morgan fingerprint density at radius 3 is 2.59 bits per heavy atom. The van der Waals surface area contributed by atoms with Crippen molar-refractivity contribution in [1.82, 2.24) is 9.96 Å². The fourth-order valence-corrected chi connectivity index (χ4v) is 5.35. The molecule has 37 heavy (non-hydrogen) atoms. The van der Waals surface area contributed by atoms with Crippen molar-refractivity contribution in [3.05, 3.63) is 17.7 Å². The maximum absolute atomic E-state index is 13.3. The number of carbonyl (C=O) groups excluding carboxylic acids is 1. The number of methoxy groups -OCH3 is 1. The normalized spacial score (nSPS) is 23.5. The average Bonchev–Trinajstić information content (AvgIpc) is 3.64. The summed E-state index contributed by atoms with van der Waals surface area (Å²) in [6.07, 6.45) is 2.24. The van der Waals surface area contributed by atoms with Crippen LogP contribution in [0.1, 0.15) is 51.0 Å². The van der Waals surface area contributed by atoms with Gasteiger partial charge < -0.3 is 28.8 Å². The first kappa shape index (κ1) is 27.4. The molecule has 0 bridgehead atoms. The van der Waals surface area contributed by atoms with Crippen LogP contribution >= 0.6 is 0 Å². The van der Waals surface area contributed by atoms with Gasteiger partial charge in [-0.25, -0.2) is 5.06 Å². The summed E-state index contributed by atoms with van der Waals surface area (Å²) in [6, 6.07) is 3.24. The number of likely N-dealkylation sites (tertiary alicyclic amines) is 1. The Bertz CT molecular complexity index is 937. The first-order valence-corrected chi connectivity index (χ1v) is 13.1. The summed E-state index contributed by atoms with van der Waals surface area (Å²) in [5.41, 5.74) is 0.773. The summed E-state index contributed by atoms with van der Waals surface area (Å²) in [7, 11) is 1.54. The first-order chi connectivity index (χ1) is 18.0. The second-order valence-electron chi connectivity index (χ2n) is 9.50. The fourth-order valence-electron chi connectivity index (χ4n) is 5.35. The number of rotatable bonds is 13. The zero-order valence-electron chi connectivity index (χ0n) is 21.8. The summed E-state index contributed by atoms with van der Waals surface area (Å²) in [4.78, 5) is 33.6. The van der Waals surface area contributed by atoms with Gasteiger partial charge >= 0.3 is 5.97 Å². The molecule has 4 rings (SSSR count). The summed E-state index contributed by atoms with van der Waals surface area (Å²) in [5.74, 6) is -0.701. The number of amides is 1. The molecule has 2 saturated heterocycles. The first-order valence-electron chi connectivity index (χ1n) is 13.1. The van der Waals surface area contributed by atoms with Gasteiger partial charge in [-0.15, -0.1) is 0 Å². The van der Waals surface area contributed by atoms with Crippen molar-refractivity contribution >= 4 is 11.9 Å². The van der Waals surface area contributed by atoms with Crippen molar-refractivity contribution < 1.29 is 43.2 Å². The van der Waals surface area contributed by atoms with Crippen LogP contribution in [-0.4, -0.2) is 92.6 Å². The third-order valence-electron chi connectivity index (χ3n) is 7.03. The molecule has 1 amide bonds. The number of fused-ring (bicyclic) bond motifs is 1. The van der Waals surface area contributed by atoms with E-state index in [4.69, 9.17) is 28.5 Å². The number of benzene rings is 1. The molecule has 1 aromatic rings. The highest BCUT2D eigenvalue weighted by Crippen LogP contribution is 2.47. The van der Waals surface area contributed by atoms with Crippen molar-refractivity contribution in [1.29, 1.82) is 0 Å². The molecule has 11 heteroatoms. The number of hydrogen-bond donors (Lipinski definition) is 1. The molecule has 0 saturated carbocycles. The van der Waals surface area contributed by atoms with Gasteiger partial charge in [-0.05, 0) is 43.4 Å². The Morgan fingerprint density at radius 1 is 1.14 bits per heavy atom. The van der Waals surface area contributed by atoms with E-state index in [0.29, 0.717) is 63.0 Å². The SMILES string of the molecule is CCCON(CCC)C(=O)CN1C[C@H](c2cc(OC)c3c(c2)OCO3)C(C(=O)O)[C@@H]1CCC1OCCO1. The molecule has 3 atom stereocenters. The molecule has 0 radical (unpaired) electrons. The van der Waals surface area contributed by atoms with Crippen LogP contribution in [0.3, 0.4) is 0 Å². The van der Waals surface area contributed by atoms with Crippen LogP contribution < -0.4 is 14.2 Å². The van der Waals surface area contributed by atoms with Crippen molar-refractivity contribution in [3.63, 3.8) is 0 Å². The van der Waals surface area contributed by atoms with Gasteiger partial charge in [0.25, 0.3) is 5.91 Å². The highest BCUT2D eigenvalue weighted by Gasteiger charge is 2.48. The molecule has 0 spiro atoms. The van der Waals surface area contributed by atoms with Crippen LogP contribution in [-0.2, 0) is 23.9 Å². The van der Waals surface area contributed by atoms with Crippen LogP contribution in [0.4, 0.5) is 0 Å². The number of carboxylic acid groups (broad SMARTS) is 1. The minimum absolute atomic E-state index is 0.0583. The smallest absolute Gasteiger partial charge is 0.308 e. The number of carboxylic acids is 1. The Hall–Kier alpha value is -2.60. The van der Waals surface area contributed by atoms with Crippen molar-refractivity contribution in [2.75, 3.05) is 53.4 Å². The Kier molecular flexibility index (Phi) is 9.47. The second kappa shape index (κ2) is 12.8. The fraction of sp³-hybridized carbons (Fsp3) is 0.692. The van der Waals surface area contributed by atoms with E-state index in [9.17, 15) is 14.7 Å². The number of ether oxygens (including phenoxy) is 5. The molecule has 2 fully saturated rings. The number of hydrogen-bond acceptors (Lipinski definition) is 9. The van der Waals surface area contributed by atoms with E-state index in [1.807, 2.05) is 30.9 Å². The molecule has 3 aliphatic heterocycles. The van der Waals surface area contributed by atoms with Crippen LogP contribution in [0.2, 0.25) is 0 Å². The van der Waals surface area contributed by atoms with Crippen molar-refractivity contribution in [3.8, 4) is 17.2 Å². The minimum Gasteiger partial charge on any atom is -0.493 e. The lowest BCUT2D eigenvalue weighted by atomic mass is 9.83. The van der Waals surface area contributed by atoms with Gasteiger partial charge in [0.2, 0.25) is 12.5 Å². The van der Waals surface area contributed by atoms with Crippen LogP contribution in [0.25, 0.3) is 0 Å². The standard InChI is InChI=1S/C26H38N2O9/c1-4-8-28(37-9-5-2)22(29)15-27-14-18(17-12-20(32-3)25-21(13-17)35-16-36-25)24(26(30)31)19(27)6-7-23-33-10-11-34-23/h12-13,18-19,23-24H,4-11,14-16H2,1-3H3,(H,30,31)/t18-,19+,24?/m1/s1. The lowest BCUT2D eigenvalue weighted by Crippen LogP contribution is -2.44. The lowest BCUT2D eigenvalue weighted by molar-refractivity contribution is -0.188. The molecule has 1 aromatic carbocycles. The second-order valence-corrected chi connectivity index (χ2v) is 9.50. The Balaban J connectivity index is 1.61. The van der Waals surface area contributed by atoms with E-state index in [0.717, 1.165) is 18.4 Å². The molecule has 3 heterocycles. The molecular weight excluding hydrogens is 484 g/mol. The van der Waals surface area contributed by atoms with Crippen LogP contribution in [0.15, 0.2) is 12.1 Å². The summed E-state index contributed by atoms with van der Waals surface area (Å²) in [6.45, 7) is 6.48. The van der Waals surface area contributed by atoms with E-state index in [1.54, 1.807) is 7.11 Å². The van der Waals surface area contributed by atoms with E-state index < -0.39 is 17.9 Å². The molecule has 0 aliphatic carbocycles. The summed E-state index contributed by atoms with van der Waals surface area (Å²) in [5, 5.41) is 11.8. The van der Waals surface area contributed by atoms with Gasteiger partial charge in [0.05, 0.1) is 39.4 Å². The molecule has 0 aromatic heterocycles.